The highest BCUT2D eigenvalue weighted by atomic mass is 19.4. The molecule has 0 saturated heterocycles. The van der Waals surface area contributed by atoms with Crippen LogP contribution in [0.15, 0.2) is 108 Å². The third-order valence-corrected chi connectivity index (χ3v) is 8.71. The number of rotatable bonds is 8. The minimum absolute atomic E-state index is 0.0238. The smallest absolute Gasteiger partial charge is 0.325 e. The first-order valence-corrected chi connectivity index (χ1v) is 17.3. The van der Waals surface area contributed by atoms with E-state index < -0.39 is 23.3 Å². The Bertz CT molecular complexity index is 1870. The molecule has 1 aliphatic heterocycles. The van der Waals surface area contributed by atoms with Crippen molar-refractivity contribution in [1.29, 1.82) is 0 Å². The lowest BCUT2D eigenvalue weighted by Crippen LogP contribution is -2.51. The van der Waals surface area contributed by atoms with Crippen molar-refractivity contribution in [3.05, 3.63) is 120 Å². The number of anilines is 2. The average molecular weight is 714 g/mol. The summed E-state index contributed by atoms with van der Waals surface area (Å²) in [5, 5.41) is 2.51. The lowest BCUT2D eigenvalue weighted by Gasteiger charge is -2.38. The van der Waals surface area contributed by atoms with E-state index in [2.05, 4.69) is 40.9 Å². The topological polar surface area (TPSA) is 95.2 Å². The van der Waals surface area contributed by atoms with Crippen molar-refractivity contribution in [2.75, 3.05) is 23.8 Å². The summed E-state index contributed by atoms with van der Waals surface area (Å²) in [6.07, 6.45) is 6.43. The van der Waals surface area contributed by atoms with E-state index in [0.29, 0.717) is 24.1 Å². The summed E-state index contributed by atoms with van der Waals surface area (Å²) < 4.78 is 41.1. The van der Waals surface area contributed by atoms with Crippen molar-refractivity contribution in [3.63, 3.8) is 0 Å². The molecule has 1 aromatic heterocycles. The molecular formula is C40H46F3N7O2. The molecule has 6 rings (SSSR count). The first kappa shape index (κ1) is 39.3. The number of carbonyl (C=O) groups is 2. The summed E-state index contributed by atoms with van der Waals surface area (Å²) in [5.41, 5.74) is 3.49. The average Bonchev–Trinajstić information content (AvgIpc) is 3.69. The van der Waals surface area contributed by atoms with Gasteiger partial charge in [-0.05, 0) is 82.0 Å². The second-order valence-electron chi connectivity index (χ2n) is 12.3. The third kappa shape index (κ3) is 9.42. The lowest BCUT2D eigenvalue weighted by molar-refractivity contribution is -0.137. The van der Waals surface area contributed by atoms with Gasteiger partial charge in [0.2, 0.25) is 5.91 Å². The van der Waals surface area contributed by atoms with Crippen molar-refractivity contribution < 1.29 is 22.8 Å². The Labute approximate surface area is 303 Å². The van der Waals surface area contributed by atoms with Gasteiger partial charge in [-0.15, -0.1) is 0 Å². The molecule has 4 aromatic rings. The molecule has 1 fully saturated rings. The van der Waals surface area contributed by atoms with Gasteiger partial charge in [0.05, 0.1) is 18.2 Å². The summed E-state index contributed by atoms with van der Waals surface area (Å²) in [7, 11) is 1.74. The van der Waals surface area contributed by atoms with E-state index in [1.807, 2.05) is 66.6 Å². The minimum Gasteiger partial charge on any atom is -0.325 e. The van der Waals surface area contributed by atoms with Crippen LogP contribution in [0.1, 0.15) is 68.3 Å². The number of hydrogen-bond donors (Lipinski definition) is 1. The summed E-state index contributed by atoms with van der Waals surface area (Å²) >= 11 is 0. The molecule has 0 unspecified atom stereocenters. The summed E-state index contributed by atoms with van der Waals surface area (Å²) in [4.78, 5) is 42.8. The van der Waals surface area contributed by atoms with Gasteiger partial charge in [-0.3, -0.25) is 19.6 Å². The Morgan fingerprint density at radius 3 is 2.27 bits per heavy atom. The zero-order valence-corrected chi connectivity index (χ0v) is 30.3. The fraction of sp³-hybridized carbons (Fsp3) is 0.325. The van der Waals surface area contributed by atoms with Crippen molar-refractivity contribution in [1.82, 2.24) is 14.5 Å². The monoisotopic (exact) mass is 713 g/mol. The van der Waals surface area contributed by atoms with Crippen LogP contribution in [0.2, 0.25) is 0 Å². The molecule has 274 valence electrons. The van der Waals surface area contributed by atoms with E-state index in [1.54, 1.807) is 32.1 Å². The number of aryl methyl sites for hydroxylation is 2. The number of nitrogens with one attached hydrogen (secondary N) is 1. The molecule has 2 aliphatic rings. The summed E-state index contributed by atoms with van der Waals surface area (Å²) in [6, 6.07) is 20.1. The predicted octanol–water partition coefficient (Wildman–Crippen LogP) is 8.76. The molecule has 1 spiro atoms. The van der Waals surface area contributed by atoms with Gasteiger partial charge in [0.25, 0.3) is 5.91 Å². The molecule has 3 aromatic carbocycles. The van der Waals surface area contributed by atoms with Gasteiger partial charge >= 0.3 is 6.18 Å². The molecule has 1 aliphatic carbocycles. The van der Waals surface area contributed by atoms with Crippen LogP contribution in [0.5, 0.6) is 0 Å². The fourth-order valence-corrected chi connectivity index (χ4v) is 6.13. The molecule has 2 heterocycles. The second kappa shape index (κ2) is 17.6. The van der Waals surface area contributed by atoms with E-state index in [9.17, 15) is 22.8 Å². The van der Waals surface area contributed by atoms with Gasteiger partial charge in [0.15, 0.2) is 0 Å². The molecule has 1 saturated carbocycles. The highest BCUT2D eigenvalue weighted by Gasteiger charge is 2.48. The maximum absolute atomic E-state index is 13.6. The Hall–Kier alpha value is -5.52. The quantitative estimate of drug-likeness (QED) is 0.146. The molecule has 2 amide bonds. The van der Waals surface area contributed by atoms with Crippen LogP contribution in [-0.2, 0) is 15.8 Å². The van der Waals surface area contributed by atoms with Gasteiger partial charge in [-0.1, -0.05) is 62.7 Å². The van der Waals surface area contributed by atoms with E-state index in [1.165, 1.54) is 22.6 Å². The van der Waals surface area contributed by atoms with Gasteiger partial charge in [-0.2, -0.15) is 13.2 Å². The van der Waals surface area contributed by atoms with Gasteiger partial charge in [0.1, 0.15) is 17.9 Å². The van der Waals surface area contributed by atoms with E-state index >= 15 is 0 Å². The molecular weight excluding hydrogens is 667 g/mol. The summed E-state index contributed by atoms with van der Waals surface area (Å²) in [5.74, 6) is -0.923. The number of amides is 2. The van der Waals surface area contributed by atoms with E-state index in [4.69, 9.17) is 4.99 Å². The van der Waals surface area contributed by atoms with Crippen molar-refractivity contribution in [3.8, 4) is 5.69 Å². The Morgan fingerprint density at radius 1 is 1.02 bits per heavy atom. The van der Waals surface area contributed by atoms with Crippen LogP contribution in [0.4, 0.5) is 24.5 Å². The molecule has 0 atom stereocenters. The number of alkyl halides is 3. The number of benzene rings is 3. The number of nitrogens with zero attached hydrogens (tertiary/aromatic N) is 6. The number of hydrogen-bond acceptors (Lipinski definition) is 5. The Balaban J connectivity index is 0.000000340. The Morgan fingerprint density at radius 2 is 1.69 bits per heavy atom. The SMILES string of the molecule is C=CN(C=NC)c1ccc(C)cc1.CC.Cc1cncn1-c1ccc(C2=NC3(CCCCC3)N(CC(=O)Nc3cccc(C(F)(F)F)c3)C2=O)cc1. The molecule has 0 radical (unpaired) electrons. The lowest BCUT2D eigenvalue weighted by atomic mass is 9.88. The molecule has 52 heavy (non-hydrogen) atoms. The number of aliphatic imine (C=N–C) groups is 2. The Kier molecular flexibility index (Phi) is 13.3. The number of carbonyl (C=O) groups excluding carboxylic acids is 2. The minimum atomic E-state index is -4.52. The van der Waals surface area contributed by atoms with Gasteiger partial charge < -0.3 is 19.7 Å². The second-order valence-corrected chi connectivity index (χ2v) is 12.3. The molecule has 9 nitrogen and oxygen atoms in total. The third-order valence-electron chi connectivity index (χ3n) is 8.71. The fourth-order valence-electron chi connectivity index (χ4n) is 6.13. The van der Waals surface area contributed by atoms with Gasteiger partial charge in [0, 0.05) is 47.8 Å². The zero-order chi connectivity index (χ0) is 37.9. The van der Waals surface area contributed by atoms with E-state index in [-0.39, 0.29) is 18.1 Å². The van der Waals surface area contributed by atoms with Gasteiger partial charge in [-0.25, -0.2) is 4.98 Å². The maximum atomic E-state index is 13.6. The first-order chi connectivity index (χ1) is 24.9. The zero-order valence-electron chi connectivity index (χ0n) is 30.3. The van der Waals surface area contributed by atoms with Crippen LogP contribution in [0.25, 0.3) is 5.69 Å². The molecule has 1 N–H and O–H groups in total. The number of halogens is 3. The highest BCUT2D eigenvalue weighted by molar-refractivity contribution is 6.47. The summed E-state index contributed by atoms with van der Waals surface area (Å²) in [6.45, 7) is 11.4. The molecule has 0 bridgehead atoms. The standard InChI is InChI=1S/C27H26F3N5O2.C11H14N2.C2H6/c1-18-15-31-17-34(18)22-10-8-19(9-11-22)24-25(37)35(26(33-24)12-3-2-4-13-26)16-23(36)32-21-7-5-6-20(14-21)27(28,29)30;1-4-13(9-12-3)11-7-5-10(2)6-8-11;1-2/h5-11,14-15,17H,2-4,12-13,16H2,1H3,(H,32,36);4-9H,1H2,2-3H3;1-2H3. The van der Waals surface area contributed by atoms with Crippen LogP contribution in [-0.4, -0.2) is 57.6 Å². The van der Waals surface area contributed by atoms with Crippen LogP contribution in [0.3, 0.4) is 0 Å². The van der Waals surface area contributed by atoms with Crippen LogP contribution in [0, 0.1) is 13.8 Å². The van der Waals surface area contributed by atoms with Crippen LogP contribution < -0.4 is 10.2 Å². The predicted molar refractivity (Wildman–Crippen MR) is 202 cm³/mol. The van der Waals surface area contributed by atoms with E-state index in [0.717, 1.165) is 48.5 Å². The van der Waals surface area contributed by atoms with Crippen LogP contribution >= 0.6 is 0 Å². The van der Waals surface area contributed by atoms with Crippen molar-refractivity contribution >= 4 is 35.2 Å². The highest BCUT2D eigenvalue weighted by Crippen LogP contribution is 2.40. The van der Waals surface area contributed by atoms with Crippen molar-refractivity contribution in [2.45, 2.75) is 71.6 Å². The van der Waals surface area contributed by atoms with Crippen molar-refractivity contribution in [2.24, 2.45) is 9.98 Å². The normalized spacial score (nSPS) is 15.0. The number of aromatic nitrogens is 2. The largest absolute Gasteiger partial charge is 0.416 e. The molecule has 12 heteroatoms. The first-order valence-electron chi connectivity index (χ1n) is 17.3. The number of imidazole rings is 1. The maximum Gasteiger partial charge on any atom is 0.416 e.